The number of nitrogens with two attached hydrogens (primary N) is 1. The number of pyridine rings is 1. The molecule has 1 saturated carbocycles. The molecule has 0 bridgehead atoms. The average Bonchev–Trinajstić information content (AvgIpc) is 2.48. The predicted molar refractivity (Wildman–Crippen MR) is 80.1 cm³/mol. The Bertz CT molecular complexity index is 421. The van der Waals surface area contributed by atoms with Gasteiger partial charge in [-0.3, -0.25) is 9.78 Å². The highest BCUT2D eigenvalue weighted by Crippen LogP contribution is 2.26. The van der Waals surface area contributed by atoms with Crippen LogP contribution in [0.1, 0.15) is 37.8 Å². The Morgan fingerprint density at radius 3 is 2.90 bits per heavy atom. The standard InChI is InChI=1S/C16H25N3O/c1-19(11-9-14-7-4-5-10-18-14)16(20)12-13-6-2-3-8-15(13)17/h4-5,7,10,13,15H,2-3,6,8-9,11-12,17H2,1H3. The van der Waals surface area contributed by atoms with Crippen LogP contribution in [0.4, 0.5) is 0 Å². The van der Waals surface area contributed by atoms with Gasteiger partial charge in [0.15, 0.2) is 0 Å². The van der Waals surface area contributed by atoms with E-state index >= 15 is 0 Å². The van der Waals surface area contributed by atoms with E-state index in [1.807, 2.05) is 30.1 Å². The number of rotatable bonds is 5. The Balaban J connectivity index is 1.77. The van der Waals surface area contributed by atoms with Crippen molar-refractivity contribution in [3.8, 4) is 0 Å². The van der Waals surface area contributed by atoms with Crippen molar-refractivity contribution in [2.24, 2.45) is 11.7 Å². The highest BCUT2D eigenvalue weighted by Gasteiger charge is 2.25. The molecule has 0 aromatic carbocycles. The van der Waals surface area contributed by atoms with Gasteiger partial charge in [0.25, 0.3) is 0 Å². The SMILES string of the molecule is CN(CCc1ccccn1)C(=O)CC1CCCCC1N. The second kappa shape index (κ2) is 7.39. The number of nitrogens with zero attached hydrogens (tertiary/aromatic N) is 2. The van der Waals surface area contributed by atoms with Gasteiger partial charge in [-0.25, -0.2) is 0 Å². The van der Waals surface area contributed by atoms with E-state index in [2.05, 4.69) is 4.98 Å². The van der Waals surface area contributed by atoms with E-state index in [0.29, 0.717) is 12.3 Å². The predicted octanol–water partition coefficient (Wildman–Crippen LogP) is 1.99. The number of likely N-dealkylation sites (N-methyl/N-ethyl adjacent to an activating group) is 1. The quantitative estimate of drug-likeness (QED) is 0.894. The summed E-state index contributed by atoms with van der Waals surface area (Å²) in [6, 6.07) is 6.08. The van der Waals surface area contributed by atoms with Crippen molar-refractivity contribution in [2.45, 2.75) is 44.6 Å². The molecule has 1 aliphatic rings. The molecular weight excluding hydrogens is 250 g/mol. The van der Waals surface area contributed by atoms with Gasteiger partial charge in [-0.05, 0) is 30.9 Å². The van der Waals surface area contributed by atoms with Crippen LogP contribution in [0.3, 0.4) is 0 Å². The minimum absolute atomic E-state index is 0.205. The molecule has 1 aliphatic carbocycles. The van der Waals surface area contributed by atoms with E-state index in [1.165, 1.54) is 12.8 Å². The van der Waals surface area contributed by atoms with Crippen LogP contribution in [0.5, 0.6) is 0 Å². The first-order valence-electron chi connectivity index (χ1n) is 7.56. The van der Waals surface area contributed by atoms with E-state index in [1.54, 1.807) is 6.20 Å². The van der Waals surface area contributed by atoms with Crippen LogP contribution in [0.2, 0.25) is 0 Å². The summed E-state index contributed by atoms with van der Waals surface area (Å²) in [7, 11) is 1.87. The molecule has 4 nitrogen and oxygen atoms in total. The van der Waals surface area contributed by atoms with Gasteiger partial charge < -0.3 is 10.6 Å². The lowest BCUT2D eigenvalue weighted by molar-refractivity contribution is -0.131. The van der Waals surface area contributed by atoms with Crippen LogP contribution in [0.15, 0.2) is 24.4 Å². The molecule has 0 saturated heterocycles. The number of amides is 1. The van der Waals surface area contributed by atoms with Crippen molar-refractivity contribution in [3.05, 3.63) is 30.1 Å². The van der Waals surface area contributed by atoms with Gasteiger partial charge in [0.2, 0.25) is 5.91 Å². The highest BCUT2D eigenvalue weighted by molar-refractivity contribution is 5.76. The van der Waals surface area contributed by atoms with E-state index in [4.69, 9.17) is 5.73 Å². The fraction of sp³-hybridized carbons (Fsp3) is 0.625. The summed E-state index contributed by atoms with van der Waals surface area (Å²) >= 11 is 0. The van der Waals surface area contributed by atoms with Crippen LogP contribution < -0.4 is 5.73 Å². The number of carbonyl (C=O) groups excluding carboxylic acids is 1. The topological polar surface area (TPSA) is 59.2 Å². The molecule has 2 atom stereocenters. The minimum atomic E-state index is 0.205. The Labute approximate surface area is 121 Å². The third-order valence-corrected chi connectivity index (χ3v) is 4.26. The van der Waals surface area contributed by atoms with Gasteiger partial charge in [-0.15, -0.1) is 0 Å². The lowest BCUT2D eigenvalue weighted by atomic mass is 9.83. The van der Waals surface area contributed by atoms with Crippen LogP contribution in [0.25, 0.3) is 0 Å². The maximum Gasteiger partial charge on any atom is 0.222 e. The Morgan fingerprint density at radius 1 is 1.40 bits per heavy atom. The van der Waals surface area contributed by atoms with Gasteiger partial charge in [-0.1, -0.05) is 18.9 Å². The highest BCUT2D eigenvalue weighted by atomic mass is 16.2. The van der Waals surface area contributed by atoms with Crippen LogP contribution in [-0.4, -0.2) is 35.4 Å². The Morgan fingerprint density at radius 2 is 2.20 bits per heavy atom. The van der Waals surface area contributed by atoms with E-state index in [9.17, 15) is 4.79 Å². The maximum absolute atomic E-state index is 12.2. The molecule has 1 amide bonds. The summed E-state index contributed by atoms with van der Waals surface area (Å²) in [6.45, 7) is 0.720. The van der Waals surface area contributed by atoms with Crippen molar-refractivity contribution in [3.63, 3.8) is 0 Å². The minimum Gasteiger partial charge on any atom is -0.345 e. The number of hydrogen-bond acceptors (Lipinski definition) is 3. The summed E-state index contributed by atoms with van der Waals surface area (Å²) in [5, 5.41) is 0. The van der Waals surface area contributed by atoms with Crippen LogP contribution >= 0.6 is 0 Å². The van der Waals surface area contributed by atoms with Gasteiger partial charge >= 0.3 is 0 Å². The van der Waals surface area contributed by atoms with Crippen molar-refractivity contribution in [1.82, 2.24) is 9.88 Å². The molecule has 0 radical (unpaired) electrons. The molecule has 20 heavy (non-hydrogen) atoms. The van der Waals surface area contributed by atoms with Crippen molar-refractivity contribution < 1.29 is 4.79 Å². The summed E-state index contributed by atoms with van der Waals surface area (Å²) in [5.74, 6) is 0.580. The summed E-state index contributed by atoms with van der Waals surface area (Å²) in [4.78, 5) is 18.3. The molecule has 2 rings (SSSR count). The second-order valence-corrected chi connectivity index (χ2v) is 5.80. The van der Waals surface area contributed by atoms with E-state index in [-0.39, 0.29) is 11.9 Å². The van der Waals surface area contributed by atoms with E-state index < -0.39 is 0 Å². The Kier molecular flexibility index (Phi) is 5.53. The lowest BCUT2D eigenvalue weighted by Gasteiger charge is -2.29. The fourth-order valence-corrected chi connectivity index (χ4v) is 2.82. The zero-order valence-electron chi connectivity index (χ0n) is 12.3. The molecule has 1 aromatic rings. The molecule has 2 unspecified atom stereocenters. The molecule has 1 aromatic heterocycles. The number of carbonyl (C=O) groups is 1. The second-order valence-electron chi connectivity index (χ2n) is 5.80. The lowest BCUT2D eigenvalue weighted by Crippen LogP contribution is -2.38. The third kappa shape index (κ3) is 4.30. The smallest absolute Gasteiger partial charge is 0.222 e. The zero-order valence-corrected chi connectivity index (χ0v) is 12.3. The van der Waals surface area contributed by atoms with Gasteiger partial charge in [0.05, 0.1) is 0 Å². The van der Waals surface area contributed by atoms with E-state index in [0.717, 1.165) is 31.5 Å². The summed E-state index contributed by atoms with van der Waals surface area (Å²) < 4.78 is 0. The molecular formula is C16H25N3O. The number of hydrogen-bond donors (Lipinski definition) is 1. The first kappa shape index (κ1) is 15.0. The zero-order chi connectivity index (χ0) is 14.4. The number of aromatic nitrogens is 1. The normalized spacial score (nSPS) is 22.5. The van der Waals surface area contributed by atoms with Gasteiger partial charge in [0, 0.05) is 44.4 Å². The molecule has 110 valence electrons. The van der Waals surface area contributed by atoms with Crippen LogP contribution in [-0.2, 0) is 11.2 Å². The van der Waals surface area contributed by atoms with Crippen LogP contribution in [0, 0.1) is 5.92 Å². The average molecular weight is 275 g/mol. The largest absolute Gasteiger partial charge is 0.345 e. The summed E-state index contributed by atoms with van der Waals surface area (Å²) in [6.07, 6.45) is 7.78. The molecule has 0 spiro atoms. The monoisotopic (exact) mass is 275 g/mol. The molecule has 1 heterocycles. The van der Waals surface area contributed by atoms with Crippen molar-refractivity contribution in [1.29, 1.82) is 0 Å². The third-order valence-electron chi connectivity index (χ3n) is 4.26. The fourth-order valence-electron chi connectivity index (χ4n) is 2.82. The van der Waals surface area contributed by atoms with Crippen molar-refractivity contribution >= 4 is 5.91 Å². The van der Waals surface area contributed by atoms with Gasteiger partial charge in [0.1, 0.15) is 0 Å². The Hall–Kier alpha value is -1.42. The van der Waals surface area contributed by atoms with Crippen molar-refractivity contribution in [2.75, 3.05) is 13.6 Å². The summed E-state index contributed by atoms with van der Waals surface area (Å²) in [5.41, 5.74) is 7.14. The molecule has 2 N–H and O–H groups in total. The molecule has 0 aliphatic heterocycles. The molecule has 4 heteroatoms. The first-order chi connectivity index (χ1) is 9.66. The van der Waals surface area contributed by atoms with Gasteiger partial charge in [-0.2, -0.15) is 0 Å². The molecule has 1 fully saturated rings. The first-order valence-corrected chi connectivity index (χ1v) is 7.56. The maximum atomic E-state index is 12.2.